The molecule has 1 N–H and O–H groups in total. The lowest BCUT2D eigenvalue weighted by molar-refractivity contribution is 0.0933. The van der Waals surface area contributed by atoms with E-state index in [0.717, 1.165) is 0 Å². The number of benzene rings is 2. The predicted molar refractivity (Wildman–Crippen MR) is 98.8 cm³/mol. The minimum Gasteiger partial charge on any atom is -0.448 e. The van der Waals surface area contributed by atoms with E-state index in [0.29, 0.717) is 31.5 Å². The van der Waals surface area contributed by atoms with Gasteiger partial charge in [-0.3, -0.25) is 0 Å². The molecule has 0 spiro atoms. The average molecular weight is 349 g/mol. The van der Waals surface area contributed by atoms with Crippen molar-refractivity contribution < 1.29 is 14.6 Å². The lowest BCUT2D eigenvalue weighted by Gasteiger charge is -2.23. The highest BCUT2D eigenvalue weighted by Gasteiger charge is 2.65. The summed E-state index contributed by atoms with van der Waals surface area (Å²) in [5, 5.41) is 9.49. The molecular weight excluding hydrogens is 326 g/mol. The first-order valence-corrected chi connectivity index (χ1v) is 9.34. The molecule has 3 aliphatic rings. The summed E-state index contributed by atoms with van der Waals surface area (Å²) >= 11 is 0. The fraction of sp³-hybridized carbons (Fsp3) is 0.409. The Kier molecular flexibility index (Phi) is 3.41. The first kappa shape index (κ1) is 15.9. The molecule has 1 heterocycles. The minimum atomic E-state index is -0.223. The van der Waals surface area contributed by atoms with Crippen LogP contribution in [0.25, 0.3) is 11.1 Å². The molecule has 0 radical (unpaired) electrons. The second-order valence-electron chi connectivity index (χ2n) is 8.09. The van der Waals surface area contributed by atoms with Crippen LogP contribution >= 0.6 is 0 Å². The van der Waals surface area contributed by atoms with Gasteiger partial charge in [0.05, 0.1) is 0 Å². The summed E-state index contributed by atoms with van der Waals surface area (Å²) in [5.74, 6) is 0.951. The van der Waals surface area contributed by atoms with Gasteiger partial charge < -0.3 is 14.7 Å². The van der Waals surface area contributed by atoms with Gasteiger partial charge in [-0.25, -0.2) is 4.79 Å². The molecule has 1 saturated heterocycles. The van der Waals surface area contributed by atoms with Crippen molar-refractivity contribution >= 4 is 6.09 Å². The van der Waals surface area contributed by atoms with Crippen molar-refractivity contribution in [3.63, 3.8) is 0 Å². The third kappa shape index (κ3) is 2.15. The van der Waals surface area contributed by atoms with E-state index in [1.807, 2.05) is 12.1 Å². The van der Waals surface area contributed by atoms with Gasteiger partial charge in [0, 0.05) is 31.0 Å². The monoisotopic (exact) mass is 349 g/mol. The van der Waals surface area contributed by atoms with E-state index in [4.69, 9.17) is 4.74 Å². The van der Waals surface area contributed by atoms with Crippen LogP contribution in [0.2, 0.25) is 0 Å². The molecule has 2 unspecified atom stereocenters. The molecule has 4 heteroatoms. The number of hydrogen-bond donors (Lipinski definition) is 1. The zero-order valence-electron chi connectivity index (χ0n) is 14.9. The second-order valence-corrected chi connectivity index (χ2v) is 8.09. The zero-order valence-corrected chi connectivity index (χ0v) is 14.9. The minimum absolute atomic E-state index is 0.0140. The molecule has 2 aromatic carbocycles. The summed E-state index contributed by atoms with van der Waals surface area (Å²) in [7, 11) is 0. The van der Waals surface area contributed by atoms with Gasteiger partial charge in [0.15, 0.2) is 0 Å². The molecule has 2 fully saturated rings. The highest BCUT2D eigenvalue weighted by Crippen LogP contribution is 2.62. The smallest absolute Gasteiger partial charge is 0.409 e. The summed E-state index contributed by atoms with van der Waals surface area (Å²) in [6.07, 6.45) is -0.223. The van der Waals surface area contributed by atoms with Gasteiger partial charge in [-0.05, 0) is 34.1 Å². The van der Waals surface area contributed by atoms with E-state index in [1.165, 1.54) is 22.3 Å². The molecule has 1 saturated carbocycles. The van der Waals surface area contributed by atoms with Gasteiger partial charge in [0.2, 0.25) is 0 Å². The van der Waals surface area contributed by atoms with Crippen molar-refractivity contribution in [3.8, 4) is 11.1 Å². The van der Waals surface area contributed by atoms with Crippen LogP contribution in [0.15, 0.2) is 48.5 Å². The van der Waals surface area contributed by atoms with Gasteiger partial charge in [-0.1, -0.05) is 55.5 Å². The van der Waals surface area contributed by atoms with Gasteiger partial charge in [0.25, 0.3) is 0 Å². The number of carbonyl (C=O) groups excluding carboxylic acids is 1. The molecule has 2 aromatic rings. The first-order valence-electron chi connectivity index (χ1n) is 9.34. The molecule has 2 aliphatic carbocycles. The number of fused-ring (bicyclic) bond motifs is 4. The zero-order chi connectivity index (χ0) is 17.9. The summed E-state index contributed by atoms with van der Waals surface area (Å²) in [6.45, 7) is 4.10. The number of amides is 1. The summed E-state index contributed by atoms with van der Waals surface area (Å²) < 4.78 is 5.72. The summed E-state index contributed by atoms with van der Waals surface area (Å²) in [5.41, 5.74) is 4.97. The lowest BCUT2D eigenvalue weighted by Crippen LogP contribution is -2.35. The third-order valence-corrected chi connectivity index (χ3v) is 6.84. The maximum absolute atomic E-state index is 12.5. The second kappa shape index (κ2) is 5.58. The number of nitrogens with zero attached hydrogens (tertiary/aromatic N) is 1. The van der Waals surface area contributed by atoms with Crippen LogP contribution in [0, 0.1) is 17.3 Å². The predicted octanol–water partition coefficient (Wildman–Crippen LogP) is 3.50. The van der Waals surface area contributed by atoms with Crippen LogP contribution < -0.4 is 0 Å². The quantitative estimate of drug-likeness (QED) is 0.923. The van der Waals surface area contributed by atoms with Crippen molar-refractivity contribution in [2.24, 2.45) is 17.3 Å². The Hall–Kier alpha value is -2.33. The number of rotatable bonds is 3. The highest BCUT2D eigenvalue weighted by molar-refractivity contribution is 5.79. The van der Waals surface area contributed by atoms with Crippen molar-refractivity contribution in [1.29, 1.82) is 0 Å². The maximum atomic E-state index is 12.5. The van der Waals surface area contributed by atoms with E-state index >= 15 is 0 Å². The Bertz CT molecular complexity index is 820. The van der Waals surface area contributed by atoms with Crippen LogP contribution in [0.1, 0.15) is 24.0 Å². The van der Waals surface area contributed by atoms with E-state index in [-0.39, 0.29) is 24.0 Å². The van der Waals surface area contributed by atoms with Crippen LogP contribution in [-0.2, 0) is 4.74 Å². The number of aliphatic hydroxyl groups excluding tert-OH is 1. The molecule has 2 atom stereocenters. The van der Waals surface area contributed by atoms with E-state index in [9.17, 15) is 9.90 Å². The fourth-order valence-corrected chi connectivity index (χ4v) is 5.05. The van der Waals surface area contributed by atoms with Crippen LogP contribution in [-0.4, -0.2) is 42.4 Å². The molecule has 0 aromatic heterocycles. The molecule has 0 bridgehead atoms. The van der Waals surface area contributed by atoms with Crippen LogP contribution in [0.5, 0.6) is 0 Å². The van der Waals surface area contributed by atoms with E-state index in [1.54, 1.807) is 4.90 Å². The number of piperidine rings is 1. The Morgan fingerprint density at radius 2 is 1.62 bits per heavy atom. The Morgan fingerprint density at radius 1 is 1.08 bits per heavy atom. The maximum Gasteiger partial charge on any atom is 0.409 e. The van der Waals surface area contributed by atoms with E-state index in [2.05, 4.69) is 43.3 Å². The number of carbonyl (C=O) groups is 1. The van der Waals surface area contributed by atoms with Crippen molar-refractivity contribution in [2.45, 2.75) is 12.8 Å². The topological polar surface area (TPSA) is 49.8 Å². The fourth-order valence-electron chi connectivity index (χ4n) is 5.05. The molecule has 26 heavy (non-hydrogen) atoms. The van der Waals surface area contributed by atoms with E-state index < -0.39 is 0 Å². The molecular formula is C22H23NO3. The molecule has 5 rings (SSSR count). The molecule has 1 aliphatic heterocycles. The number of likely N-dealkylation sites (tertiary alicyclic amines) is 1. The summed E-state index contributed by atoms with van der Waals surface area (Å²) in [4.78, 5) is 14.3. The third-order valence-electron chi connectivity index (χ3n) is 6.84. The average Bonchev–Trinajstić information content (AvgIpc) is 3.03. The van der Waals surface area contributed by atoms with Gasteiger partial charge in [-0.15, -0.1) is 0 Å². The van der Waals surface area contributed by atoms with Crippen molar-refractivity contribution in [2.75, 3.05) is 26.3 Å². The normalized spacial score (nSPS) is 28.5. The highest BCUT2D eigenvalue weighted by atomic mass is 16.6. The molecule has 1 amide bonds. The Labute approximate surface area is 153 Å². The molecule has 4 nitrogen and oxygen atoms in total. The van der Waals surface area contributed by atoms with Gasteiger partial charge in [0.1, 0.15) is 6.61 Å². The summed E-state index contributed by atoms with van der Waals surface area (Å²) in [6, 6.07) is 16.7. The molecule has 134 valence electrons. The van der Waals surface area contributed by atoms with Crippen molar-refractivity contribution in [1.82, 2.24) is 4.90 Å². The van der Waals surface area contributed by atoms with Gasteiger partial charge >= 0.3 is 6.09 Å². The SMILES string of the molecule is CC1(CO)C2CN(C(=O)OCC3c4ccccc4-c4ccccc43)CC21. The lowest BCUT2D eigenvalue weighted by atomic mass is 9.98. The van der Waals surface area contributed by atoms with Gasteiger partial charge in [-0.2, -0.15) is 0 Å². The Morgan fingerprint density at radius 3 is 2.15 bits per heavy atom. The van der Waals surface area contributed by atoms with Crippen molar-refractivity contribution in [3.05, 3.63) is 59.7 Å². The largest absolute Gasteiger partial charge is 0.448 e. The van der Waals surface area contributed by atoms with Crippen LogP contribution in [0.3, 0.4) is 0 Å². The Balaban J connectivity index is 1.29. The number of ether oxygens (including phenoxy) is 1. The standard InChI is InChI=1S/C22H23NO3/c1-22(13-24)19-10-23(11-20(19)22)21(25)26-12-18-16-8-4-2-6-14(16)15-7-3-5-9-17(15)18/h2-9,18-20,24H,10-13H2,1H3. The number of aliphatic hydroxyl groups is 1. The first-order chi connectivity index (χ1) is 12.6. The van der Waals surface area contributed by atoms with Crippen LogP contribution in [0.4, 0.5) is 4.79 Å². The number of hydrogen-bond acceptors (Lipinski definition) is 3.